The molecule has 2 saturated heterocycles. The van der Waals surface area contributed by atoms with Crippen molar-refractivity contribution in [1.29, 1.82) is 0 Å². The van der Waals surface area contributed by atoms with Crippen LogP contribution >= 0.6 is 0 Å². The third kappa shape index (κ3) is 5.22. The normalized spacial score (nSPS) is 21.9. The van der Waals surface area contributed by atoms with Crippen molar-refractivity contribution in [3.05, 3.63) is 48.1 Å². The van der Waals surface area contributed by atoms with Crippen molar-refractivity contribution in [2.75, 3.05) is 33.2 Å². The molecule has 0 spiro atoms. The topological polar surface area (TPSA) is 65.7 Å². The van der Waals surface area contributed by atoms with Gasteiger partial charge in [0.05, 0.1) is 12.5 Å². The molecule has 0 unspecified atom stereocenters. The third-order valence-corrected chi connectivity index (χ3v) is 6.30. The van der Waals surface area contributed by atoms with Gasteiger partial charge in [0, 0.05) is 44.6 Å². The van der Waals surface area contributed by atoms with E-state index in [1.807, 2.05) is 25.5 Å². The standard InChI is InChI=1S/C22H31N5O2/c1-25(17-20-8-14-29-24-20)22(28)19-3-2-11-27(16-19)21-6-12-26(13-7-21)15-18-4-9-23-10-5-18/h4-5,8-10,14,19,21H,2-3,6-7,11-13,15-17H2,1H3/t19-/m0/s1. The molecule has 2 aliphatic rings. The lowest BCUT2D eigenvalue weighted by atomic mass is 9.92. The first-order valence-corrected chi connectivity index (χ1v) is 10.7. The van der Waals surface area contributed by atoms with Crippen LogP contribution in [0.4, 0.5) is 0 Å². The Kier molecular flexibility index (Phi) is 6.56. The van der Waals surface area contributed by atoms with Crippen molar-refractivity contribution in [1.82, 2.24) is 24.8 Å². The molecule has 1 atom stereocenters. The van der Waals surface area contributed by atoms with Crippen LogP contribution in [0.3, 0.4) is 0 Å². The smallest absolute Gasteiger partial charge is 0.227 e. The fraction of sp³-hybridized carbons (Fsp3) is 0.591. The lowest BCUT2D eigenvalue weighted by molar-refractivity contribution is -0.137. The van der Waals surface area contributed by atoms with Crippen LogP contribution in [0.15, 0.2) is 41.4 Å². The molecule has 0 N–H and O–H groups in total. The molecule has 1 amide bonds. The van der Waals surface area contributed by atoms with Gasteiger partial charge in [-0.05, 0) is 63.0 Å². The summed E-state index contributed by atoms with van der Waals surface area (Å²) in [6.07, 6.45) is 9.74. The van der Waals surface area contributed by atoms with Gasteiger partial charge in [-0.25, -0.2) is 0 Å². The molecule has 7 nitrogen and oxygen atoms in total. The summed E-state index contributed by atoms with van der Waals surface area (Å²) in [7, 11) is 1.87. The Morgan fingerprint density at radius 2 is 1.97 bits per heavy atom. The van der Waals surface area contributed by atoms with Crippen LogP contribution in [0.5, 0.6) is 0 Å². The fourth-order valence-corrected chi connectivity index (χ4v) is 4.68. The SMILES string of the molecule is CN(Cc1ccon1)C(=O)[C@H]1CCCN(C2CCN(Cc3ccncc3)CC2)C1. The molecule has 0 saturated carbocycles. The molecule has 4 rings (SSSR count). The maximum atomic E-state index is 12.9. The number of piperidine rings is 2. The molecule has 0 aliphatic carbocycles. The van der Waals surface area contributed by atoms with E-state index < -0.39 is 0 Å². The molecule has 2 aromatic heterocycles. The predicted octanol–water partition coefficient (Wildman–Crippen LogP) is 2.40. The van der Waals surface area contributed by atoms with Gasteiger partial charge in [0.15, 0.2) is 0 Å². The number of likely N-dealkylation sites (tertiary alicyclic amines) is 2. The Hall–Kier alpha value is -2.25. The maximum absolute atomic E-state index is 12.9. The maximum Gasteiger partial charge on any atom is 0.227 e. The van der Waals surface area contributed by atoms with E-state index in [1.165, 1.54) is 18.4 Å². The van der Waals surface area contributed by atoms with Crippen LogP contribution in [-0.2, 0) is 17.9 Å². The van der Waals surface area contributed by atoms with Crippen molar-refractivity contribution in [3.8, 4) is 0 Å². The molecule has 7 heteroatoms. The van der Waals surface area contributed by atoms with Gasteiger partial charge in [0.25, 0.3) is 0 Å². The van der Waals surface area contributed by atoms with Crippen molar-refractivity contribution >= 4 is 5.91 Å². The lowest BCUT2D eigenvalue weighted by Gasteiger charge is -2.42. The molecular weight excluding hydrogens is 366 g/mol. The quantitative estimate of drug-likeness (QED) is 0.746. The summed E-state index contributed by atoms with van der Waals surface area (Å²) >= 11 is 0. The van der Waals surface area contributed by atoms with E-state index in [9.17, 15) is 4.79 Å². The first-order chi connectivity index (χ1) is 14.2. The molecule has 0 radical (unpaired) electrons. The first-order valence-electron chi connectivity index (χ1n) is 10.7. The Bertz CT molecular complexity index is 759. The first kappa shape index (κ1) is 20.0. The van der Waals surface area contributed by atoms with Crippen molar-refractivity contribution in [3.63, 3.8) is 0 Å². The molecule has 0 aromatic carbocycles. The number of hydrogen-bond donors (Lipinski definition) is 0. The highest BCUT2D eigenvalue weighted by atomic mass is 16.5. The molecule has 0 bridgehead atoms. The average molecular weight is 398 g/mol. The number of carbonyl (C=O) groups is 1. The van der Waals surface area contributed by atoms with Gasteiger partial charge in [-0.15, -0.1) is 0 Å². The number of amides is 1. The van der Waals surface area contributed by atoms with Gasteiger partial charge in [-0.3, -0.25) is 19.6 Å². The Morgan fingerprint density at radius 1 is 1.17 bits per heavy atom. The minimum atomic E-state index is 0.0931. The number of nitrogens with zero attached hydrogens (tertiary/aromatic N) is 5. The predicted molar refractivity (Wildman–Crippen MR) is 110 cm³/mol. The second kappa shape index (κ2) is 9.50. The number of hydrogen-bond acceptors (Lipinski definition) is 6. The lowest BCUT2D eigenvalue weighted by Crippen LogP contribution is -2.50. The molecule has 2 fully saturated rings. The van der Waals surface area contributed by atoms with Crippen LogP contribution < -0.4 is 0 Å². The summed E-state index contributed by atoms with van der Waals surface area (Å²) in [6.45, 7) is 5.76. The van der Waals surface area contributed by atoms with Crippen LogP contribution in [0, 0.1) is 5.92 Å². The summed E-state index contributed by atoms with van der Waals surface area (Å²) < 4.78 is 4.88. The van der Waals surface area contributed by atoms with Gasteiger partial charge in [0.2, 0.25) is 5.91 Å². The van der Waals surface area contributed by atoms with E-state index in [2.05, 4.69) is 32.1 Å². The molecule has 2 aliphatic heterocycles. The minimum Gasteiger partial charge on any atom is -0.364 e. The largest absolute Gasteiger partial charge is 0.364 e. The van der Waals surface area contributed by atoms with Gasteiger partial charge < -0.3 is 9.42 Å². The van der Waals surface area contributed by atoms with E-state index in [-0.39, 0.29) is 11.8 Å². The Morgan fingerprint density at radius 3 is 2.69 bits per heavy atom. The Labute approximate surface area is 172 Å². The zero-order valence-electron chi connectivity index (χ0n) is 17.2. The van der Waals surface area contributed by atoms with Crippen LogP contribution in [0.1, 0.15) is 36.9 Å². The second-order valence-electron chi connectivity index (χ2n) is 8.38. The molecule has 2 aromatic rings. The second-order valence-corrected chi connectivity index (χ2v) is 8.38. The van der Waals surface area contributed by atoms with Gasteiger partial charge in [-0.2, -0.15) is 0 Å². The summed E-state index contributed by atoms with van der Waals surface area (Å²) in [5, 5.41) is 3.92. The van der Waals surface area contributed by atoms with E-state index in [0.717, 1.165) is 51.3 Å². The highest BCUT2D eigenvalue weighted by molar-refractivity contribution is 5.78. The Balaban J connectivity index is 1.26. The van der Waals surface area contributed by atoms with E-state index in [1.54, 1.807) is 11.2 Å². The van der Waals surface area contributed by atoms with E-state index in [4.69, 9.17) is 4.52 Å². The van der Waals surface area contributed by atoms with Gasteiger partial charge in [0.1, 0.15) is 12.0 Å². The van der Waals surface area contributed by atoms with E-state index >= 15 is 0 Å². The zero-order valence-corrected chi connectivity index (χ0v) is 17.2. The summed E-state index contributed by atoms with van der Waals surface area (Å²) in [4.78, 5) is 23.9. The van der Waals surface area contributed by atoms with Crippen LogP contribution in [0.25, 0.3) is 0 Å². The number of rotatable bonds is 6. The van der Waals surface area contributed by atoms with Crippen molar-refractivity contribution in [2.45, 2.75) is 44.8 Å². The number of aromatic nitrogens is 2. The average Bonchev–Trinajstić information content (AvgIpc) is 3.27. The number of carbonyl (C=O) groups excluding carboxylic acids is 1. The van der Waals surface area contributed by atoms with Gasteiger partial charge >= 0.3 is 0 Å². The van der Waals surface area contributed by atoms with Crippen molar-refractivity contribution in [2.24, 2.45) is 5.92 Å². The minimum absolute atomic E-state index is 0.0931. The van der Waals surface area contributed by atoms with E-state index in [0.29, 0.717) is 12.6 Å². The third-order valence-electron chi connectivity index (χ3n) is 6.30. The fourth-order valence-electron chi connectivity index (χ4n) is 4.68. The highest BCUT2D eigenvalue weighted by Crippen LogP contribution is 2.25. The number of pyridine rings is 1. The van der Waals surface area contributed by atoms with Crippen LogP contribution in [0.2, 0.25) is 0 Å². The summed E-state index contributed by atoms with van der Waals surface area (Å²) in [5.41, 5.74) is 2.13. The molecule has 156 valence electrons. The highest BCUT2D eigenvalue weighted by Gasteiger charge is 2.32. The van der Waals surface area contributed by atoms with Gasteiger partial charge in [-0.1, -0.05) is 5.16 Å². The summed E-state index contributed by atoms with van der Waals surface area (Å²) in [6, 6.07) is 6.61. The molecular formula is C22H31N5O2. The summed E-state index contributed by atoms with van der Waals surface area (Å²) in [5.74, 6) is 0.323. The zero-order chi connectivity index (χ0) is 20.1. The van der Waals surface area contributed by atoms with Crippen LogP contribution in [-0.4, -0.2) is 70.0 Å². The molecule has 4 heterocycles. The monoisotopic (exact) mass is 397 g/mol. The van der Waals surface area contributed by atoms with Crippen molar-refractivity contribution < 1.29 is 9.32 Å². The molecule has 29 heavy (non-hydrogen) atoms.